The molecule has 2 bridgehead atoms. The Balaban J connectivity index is 1.51. The van der Waals surface area contributed by atoms with Gasteiger partial charge in [0.25, 0.3) is 11.8 Å². The Bertz CT molecular complexity index is 602. The molecule has 2 saturated carbocycles. The van der Waals surface area contributed by atoms with Crippen LogP contribution in [0, 0.1) is 17.8 Å². The van der Waals surface area contributed by atoms with Crippen LogP contribution < -0.4 is 15.8 Å². The van der Waals surface area contributed by atoms with Gasteiger partial charge < -0.3 is 15.8 Å². The summed E-state index contributed by atoms with van der Waals surface area (Å²) >= 11 is 0. The number of carbonyl (C=O) groups excluding carboxylic acids is 2. The molecule has 2 amide bonds. The van der Waals surface area contributed by atoms with Crippen LogP contribution in [-0.4, -0.2) is 24.5 Å². The molecule has 0 saturated heterocycles. The predicted octanol–water partition coefficient (Wildman–Crippen LogP) is 2.11. The Morgan fingerprint density at radius 3 is 2.74 bits per heavy atom. The fraction of sp³-hybridized carbons (Fsp3) is 0.556. The highest BCUT2D eigenvalue weighted by Gasteiger charge is 2.42. The van der Waals surface area contributed by atoms with Crippen LogP contribution in [0.2, 0.25) is 0 Å². The number of hydrogen-bond donors (Lipinski definition) is 2. The normalized spacial score (nSPS) is 26.7. The molecule has 1 aromatic rings. The summed E-state index contributed by atoms with van der Waals surface area (Å²) < 4.78 is 5.47. The van der Waals surface area contributed by atoms with Crippen LogP contribution in [0.25, 0.3) is 0 Å². The number of ether oxygens (including phenoxy) is 1. The van der Waals surface area contributed by atoms with Gasteiger partial charge in [0.1, 0.15) is 5.75 Å². The first-order valence-corrected chi connectivity index (χ1v) is 8.35. The van der Waals surface area contributed by atoms with E-state index in [1.165, 1.54) is 25.7 Å². The lowest BCUT2D eigenvalue weighted by molar-refractivity contribution is -0.124. The van der Waals surface area contributed by atoms with Crippen molar-refractivity contribution in [2.24, 2.45) is 23.5 Å². The van der Waals surface area contributed by atoms with Crippen LogP contribution in [0.15, 0.2) is 24.3 Å². The highest BCUT2D eigenvalue weighted by Crippen LogP contribution is 2.49. The van der Waals surface area contributed by atoms with Gasteiger partial charge in [-0.05, 0) is 56.1 Å². The fourth-order valence-corrected chi connectivity index (χ4v) is 4.25. The van der Waals surface area contributed by atoms with Gasteiger partial charge in [0.05, 0.1) is 5.56 Å². The molecule has 0 radical (unpaired) electrons. The Kier molecular flexibility index (Phi) is 4.55. The molecule has 2 aliphatic carbocycles. The molecule has 3 N–H and O–H groups in total. The molecule has 4 atom stereocenters. The third-order valence-corrected chi connectivity index (χ3v) is 5.33. The Hall–Kier alpha value is -2.04. The number of hydrogen-bond acceptors (Lipinski definition) is 3. The largest absolute Gasteiger partial charge is 0.483 e. The van der Waals surface area contributed by atoms with Gasteiger partial charge in [0.2, 0.25) is 0 Å². The van der Waals surface area contributed by atoms with Gasteiger partial charge >= 0.3 is 0 Å². The monoisotopic (exact) mass is 316 g/mol. The third-order valence-electron chi connectivity index (χ3n) is 5.33. The second-order valence-electron chi connectivity index (χ2n) is 6.84. The van der Waals surface area contributed by atoms with Crippen LogP contribution in [0.5, 0.6) is 5.75 Å². The maximum Gasteiger partial charge on any atom is 0.258 e. The molecule has 124 valence electrons. The molecule has 0 spiro atoms. The molecule has 5 heteroatoms. The summed E-state index contributed by atoms with van der Waals surface area (Å²) in [4.78, 5) is 23.5. The van der Waals surface area contributed by atoms with Crippen molar-refractivity contribution in [2.45, 2.75) is 38.6 Å². The first-order valence-electron chi connectivity index (χ1n) is 8.35. The highest BCUT2D eigenvalue weighted by atomic mass is 16.5. The van der Waals surface area contributed by atoms with Gasteiger partial charge in [-0.1, -0.05) is 18.6 Å². The van der Waals surface area contributed by atoms with Crippen molar-refractivity contribution in [1.82, 2.24) is 5.32 Å². The van der Waals surface area contributed by atoms with E-state index < -0.39 is 5.91 Å². The summed E-state index contributed by atoms with van der Waals surface area (Å²) in [6, 6.07) is 6.87. The van der Waals surface area contributed by atoms with E-state index in [2.05, 4.69) is 12.2 Å². The van der Waals surface area contributed by atoms with Crippen LogP contribution >= 0.6 is 0 Å². The SMILES string of the molecule is C[C@H](NC(=O)COc1ccccc1C(N)=O)[C@H]1C[C@@H]2CC[C@@H]1C2. The number of para-hydroxylation sites is 1. The summed E-state index contributed by atoms with van der Waals surface area (Å²) in [6.07, 6.45) is 5.22. The molecule has 0 aliphatic heterocycles. The van der Waals surface area contributed by atoms with E-state index in [0.717, 1.165) is 11.8 Å². The van der Waals surface area contributed by atoms with Crippen molar-refractivity contribution in [2.75, 3.05) is 6.61 Å². The van der Waals surface area contributed by atoms with Crippen LogP contribution in [0.4, 0.5) is 0 Å². The van der Waals surface area contributed by atoms with Gasteiger partial charge in [-0.2, -0.15) is 0 Å². The van der Waals surface area contributed by atoms with E-state index >= 15 is 0 Å². The van der Waals surface area contributed by atoms with Gasteiger partial charge in [-0.15, -0.1) is 0 Å². The lowest BCUT2D eigenvalue weighted by Gasteiger charge is -2.28. The number of nitrogens with two attached hydrogens (primary N) is 1. The summed E-state index contributed by atoms with van der Waals surface area (Å²) in [7, 11) is 0. The van der Waals surface area contributed by atoms with Crippen molar-refractivity contribution in [3.8, 4) is 5.75 Å². The molecule has 1 aromatic carbocycles. The van der Waals surface area contributed by atoms with E-state index in [9.17, 15) is 9.59 Å². The lowest BCUT2D eigenvalue weighted by Crippen LogP contribution is -2.42. The quantitative estimate of drug-likeness (QED) is 0.843. The fourth-order valence-electron chi connectivity index (χ4n) is 4.25. The Morgan fingerprint density at radius 1 is 1.30 bits per heavy atom. The van der Waals surface area contributed by atoms with Gasteiger partial charge in [-0.3, -0.25) is 9.59 Å². The number of benzene rings is 1. The average molecular weight is 316 g/mol. The second-order valence-corrected chi connectivity index (χ2v) is 6.84. The van der Waals surface area contributed by atoms with E-state index in [1.807, 2.05) is 0 Å². The van der Waals surface area contributed by atoms with E-state index in [-0.39, 0.29) is 18.6 Å². The van der Waals surface area contributed by atoms with Crippen LogP contribution in [0.1, 0.15) is 43.0 Å². The molecule has 0 heterocycles. The van der Waals surface area contributed by atoms with Gasteiger partial charge in [0.15, 0.2) is 6.61 Å². The van der Waals surface area contributed by atoms with Crippen molar-refractivity contribution < 1.29 is 14.3 Å². The van der Waals surface area contributed by atoms with Crippen molar-refractivity contribution in [3.05, 3.63) is 29.8 Å². The van der Waals surface area contributed by atoms with E-state index in [4.69, 9.17) is 10.5 Å². The summed E-state index contributed by atoms with van der Waals surface area (Å²) in [5, 5.41) is 3.05. The first-order chi connectivity index (χ1) is 11.0. The molecule has 2 aliphatic rings. The van der Waals surface area contributed by atoms with Gasteiger partial charge in [0, 0.05) is 6.04 Å². The number of primary amides is 1. The molecule has 0 unspecified atom stereocenters. The minimum Gasteiger partial charge on any atom is -0.483 e. The molecule has 3 rings (SSSR count). The van der Waals surface area contributed by atoms with Crippen LogP contribution in [-0.2, 0) is 4.79 Å². The minimum atomic E-state index is -0.559. The van der Waals surface area contributed by atoms with Crippen LogP contribution in [0.3, 0.4) is 0 Å². The summed E-state index contributed by atoms with van der Waals surface area (Å²) in [5.74, 6) is 1.86. The van der Waals surface area contributed by atoms with Crippen molar-refractivity contribution in [3.63, 3.8) is 0 Å². The van der Waals surface area contributed by atoms with Gasteiger partial charge in [-0.25, -0.2) is 0 Å². The smallest absolute Gasteiger partial charge is 0.258 e. The maximum absolute atomic E-state index is 12.1. The number of carbonyl (C=O) groups is 2. The molecule has 2 fully saturated rings. The molecule has 0 aromatic heterocycles. The number of fused-ring (bicyclic) bond motifs is 2. The highest BCUT2D eigenvalue weighted by molar-refractivity contribution is 5.95. The minimum absolute atomic E-state index is 0.102. The average Bonchev–Trinajstić information content (AvgIpc) is 3.16. The zero-order valence-electron chi connectivity index (χ0n) is 13.5. The molecular formula is C18H24N2O3. The maximum atomic E-state index is 12.1. The zero-order valence-corrected chi connectivity index (χ0v) is 13.5. The topological polar surface area (TPSA) is 81.4 Å². The zero-order chi connectivity index (χ0) is 16.4. The summed E-state index contributed by atoms with van der Waals surface area (Å²) in [6.45, 7) is 1.98. The van der Waals surface area contributed by atoms with E-state index in [1.54, 1.807) is 24.3 Å². The number of rotatable bonds is 6. The molecular weight excluding hydrogens is 292 g/mol. The summed E-state index contributed by atoms with van der Waals surface area (Å²) in [5.41, 5.74) is 5.59. The Labute approximate surface area is 136 Å². The van der Waals surface area contributed by atoms with Crippen molar-refractivity contribution in [1.29, 1.82) is 0 Å². The van der Waals surface area contributed by atoms with Crippen molar-refractivity contribution >= 4 is 11.8 Å². The predicted molar refractivity (Wildman–Crippen MR) is 87.0 cm³/mol. The lowest BCUT2D eigenvalue weighted by atomic mass is 9.84. The molecule has 5 nitrogen and oxygen atoms in total. The number of nitrogens with one attached hydrogen (secondary N) is 1. The standard InChI is InChI=1S/C18H24N2O3/c1-11(15-9-12-6-7-13(15)8-12)20-17(21)10-23-16-5-3-2-4-14(16)18(19)22/h2-5,11-13,15H,6-10H2,1H3,(H2,19,22)(H,20,21)/t11-,12+,13+,15+/m0/s1. The number of amides is 2. The van der Waals surface area contributed by atoms with E-state index in [0.29, 0.717) is 17.2 Å². The second kappa shape index (κ2) is 6.60. The Morgan fingerprint density at radius 2 is 2.09 bits per heavy atom. The third kappa shape index (κ3) is 3.49. The first kappa shape index (κ1) is 15.8. The molecule has 23 heavy (non-hydrogen) atoms.